The maximum absolute atomic E-state index is 11.3. The van der Waals surface area contributed by atoms with Crippen molar-refractivity contribution in [1.29, 1.82) is 0 Å². The Kier molecular flexibility index (Phi) is 5.17. The molecule has 1 N–H and O–H groups in total. The zero-order valence-electron chi connectivity index (χ0n) is 8.37. The van der Waals surface area contributed by atoms with E-state index in [9.17, 15) is 4.79 Å². The molecule has 0 saturated heterocycles. The number of hydrogen-bond donors (Lipinski definition) is 1. The normalized spacial score (nSPS) is 10.3. The monoisotopic (exact) mass is 317 g/mol. The van der Waals surface area contributed by atoms with Crippen LogP contribution in [0.4, 0.5) is 5.69 Å². The summed E-state index contributed by atoms with van der Waals surface area (Å²) in [5.74, 6) is -0.189. The van der Waals surface area contributed by atoms with Crippen LogP contribution in [0.2, 0.25) is 0 Å². The Labute approximate surface area is 103 Å². The molecular weight excluding hydrogens is 305 g/mol. The second-order valence-corrected chi connectivity index (χ2v) is 4.00. The summed E-state index contributed by atoms with van der Waals surface area (Å²) in [5, 5.41) is 2.73. The van der Waals surface area contributed by atoms with Crippen molar-refractivity contribution in [2.75, 3.05) is 11.9 Å². The SMILES string of the molecule is CCO/C=C/C(=O)Nc1cccc(I)c1. The van der Waals surface area contributed by atoms with Crippen molar-refractivity contribution in [2.24, 2.45) is 0 Å². The van der Waals surface area contributed by atoms with Crippen molar-refractivity contribution in [2.45, 2.75) is 6.92 Å². The maximum Gasteiger partial charge on any atom is 0.251 e. The van der Waals surface area contributed by atoms with Gasteiger partial charge in [0.15, 0.2) is 0 Å². The third-order valence-electron chi connectivity index (χ3n) is 1.57. The zero-order valence-corrected chi connectivity index (χ0v) is 10.5. The predicted octanol–water partition coefficient (Wildman–Crippen LogP) is 2.78. The number of rotatable bonds is 4. The minimum Gasteiger partial charge on any atom is -0.501 e. The fraction of sp³-hybridized carbons (Fsp3) is 0.182. The van der Waals surface area contributed by atoms with E-state index in [4.69, 9.17) is 4.74 Å². The van der Waals surface area contributed by atoms with Crippen LogP contribution in [-0.4, -0.2) is 12.5 Å². The fourth-order valence-corrected chi connectivity index (χ4v) is 1.50. The Hall–Kier alpha value is -1.04. The minimum absolute atomic E-state index is 0.189. The molecule has 1 aromatic rings. The van der Waals surface area contributed by atoms with Crippen LogP contribution in [0, 0.1) is 3.57 Å². The average molecular weight is 317 g/mol. The number of anilines is 1. The first kappa shape index (κ1) is 12.0. The average Bonchev–Trinajstić information content (AvgIpc) is 2.18. The zero-order chi connectivity index (χ0) is 11.1. The first-order chi connectivity index (χ1) is 7.22. The van der Waals surface area contributed by atoms with Crippen LogP contribution in [0.5, 0.6) is 0 Å². The lowest BCUT2D eigenvalue weighted by molar-refractivity contribution is -0.112. The number of carbonyl (C=O) groups excluding carboxylic acids is 1. The van der Waals surface area contributed by atoms with Crippen LogP contribution in [0.3, 0.4) is 0 Å². The first-order valence-electron chi connectivity index (χ1n) is 4.57. The van der Waals surface area contributed by atoms with E-state index in [1.54, 1.807) is 0 Å². The second kappa shape index (κ2) is 6.44. The molecule has 0 heterocycles. The molecule has 0 bridgehead atoms. The molecule has 0 radical (unpaired) electrons. The number of nitrogens with one attached hydrogen (secondary N) is 1. The molecule has 0 spiro atoms. The van der Waals surface area contributed by atoms with E-state index < -0.39 is 0 Å². The Bertz CT molecular complexity index is 363. The minimum atomic E-state index is -0.189. The van der Waals surface area contributed by atoms with Gasteiger partial charge in [-0.1, -0.05) is 6.07 Å². The lowest BCUT2D eigenvalue weighted by Crippen LogP contribution is -2.07. The van der Waals surface area contributed by atoms with Gasteiger partial charge in [-0.15, -0.1) is 0 Å². The van der Waals surface area contributed by atoms with Crippen molar-refractivity contribution >= 4 is 34.2 Å². The number of carbonyl (C=O) groups is 1. The highest BCUT2D eigenvalue weighted by molar-refractivity contribution is 14.1. The molecule has 0 aliphatic heterocycles. The molecule has 0 saturated carbocycles. The molecule has 1 amide bonds. The number of amides is 1. The van der Waals surface area contributed by atoms with Gasteiger partial charge in [-0.2, -0.15) is 0 Å². The Morgan fingerprint density at radius 1 is 1.60 bits per heavy atom. The van der Waals surface area contributed by atoms with Crippen LogP contribution < -0.4 is 5.32 Å². The Balaban J connectivity index is 2.51. The highest BCUT2D eigenvalue weighted by atomic mass is 127. The third kappa shape index (κ3) is 4.83. The lowest BCUT2D eigenvalue weighted by atomic mass is 10.3. The summed E-state index contributed by atoms with van der Waals surface area (Å²) in [6.07, 6.45) is 2.76. The molecule has 0 aromatic heterocycles. The van der Waals surface area contributed by atoms with E-state index in [-0.39, 0.29) is 5.91 Å². The van der Waals surface area contributed by atoms with Gasteiger partial charge in [-0.25, -0.2) is 0 Å². The van der Waals surface area contributed by atoms with E-state index in [1.807, 2.05) is 31.2 Å². The van der Waals surface area contributed by atoms with Crippen molar-refractivity contribution in [3.8, 4) is 0 Å². The Morgan fingerprint density at radius 2 is 2.40 bits per heavy atom. The van der Waals surface area contributed by atoms with E-state index in [2.05, 4.69) is 27.9 Å². The van der Waals surface area contributed by atoms with E-state index in [0.717, 1.165) is 9.26 Å². The van der Waals surface area contributed by atoms with E-state index in [0.29, 0.717) is 6.61 Å². The van der Waals surface area contributed by atoms with Gasteiger partial charge in [0.1, 0.15) is 0 Å². The van der Waals surface area contributed by atoms with Crippen LogP contribution >= 0.6 is 22.6 Å². The molecule has 0 fully saturated rings. The van der Waals surface area contributed by atoms with Crippen molar-refractivity contribution in [3.05, 3.63) is 40.2 Å². The van der Waals surface area contributed by atoms with E-state index >= 15 is 0 Å². The second-order valence-electron chi connectivity index (χ2n) is 2.76. The van der Waals surface area contributed by atoms with Gasteiger partial charge in [0.25, 0.3) is 5.91 Å². The van der Waals surface area contributed by atoms with Gasteiger partial charge >= 0.3 is 0 Å². The fourth-order valence-electron chi connectivity index (χ4n) is 0.956. The molecule has 3 nitrogen and oxygen atoms in total. The van der Waals surface area contributed by atoms with Crippen LogP contribution in [-0.2, 0) is 9.53 Å². The molecular formula is C11H12INO2. The maximum atomic E-state index is 11.3. The van der Waals surface area contributed by atoms with Gasteiger partial charge in [0.05, 0.1) is 12.9 Å². The number of halogens is 1. The topological polar surface area (TPSA) is 38.3 Å². The van der Waals surface area contributed by atoms with E-state index in [1.165, 1.54) is 12.3 Å². The highest BCUT2D eigenvalue weighted by Crippen LogP contribution is 2.12. The van der Waals surface area contributed by atoms with Crippen molar-refractivity contribution in [3.63, 3.8) is 0 Å². The van der Waals surface area contributed by atoms with Crippen LogP contribution in [0.15, 0.2) is 36.6 Å². The van der Waals surface area contributed by atoms with Gasteiger partial charge in [0.2, 0.25) is 0 Å². The summed E-state index contributed by atoms with van der Waals surface area (Å²) in [6.45, 7) is 2.43. The summed E-state index contributed by atoms with van der Waals surface area (Å²) in [7, 11) is 0. The standard InChI is InChI=1S/C11H12INO2/c1-2-15-7-6-11(14)13-10-5-3-4-9(12)8-10/h3-8H,2H2,1H3,(H,13,14)/b7-6+. The quantitative estimate of drug-likeness (QED) is 0.527. The predicted molar refractivity (Wildman–Crippen MR) is 68.6 cm³/mol. The first-order valence-corrected chi connectivity index (χ1v) is 5.65. The molecule has 0 atom stereocenters. The highest BCUT2D eigenvalue weighted by Gasteiger charge is 1.97. The summed E-state index contributed by atoms with van der Waals surface area (Å²) < 4.78 is 6.01. The number of hydrogen-bond acceptors (Lipinski definition) is 2. The summed E-state index contributed by atoms with van der Waals surface area (Å²) >= 11 is 2.19. The van der Waals surface area contributed by atoms with Crippen molar-refractivity contribution in [1.82, 2.24) is 0 Å². The molecule has 4 heteroatoms. The molecule has 0 aliphatic rings. The number of ether oxygens (including phenoxy) is 1. The number of benzene rings is 1. The Morgan fingerprint density at radius 3 is 3.07 bits per heavy atom. The van der Waals surface area contributed by atoms with Gasteiger partial charge in [-0.05, 0) is 47.7 Å². The smallest absolute Gasteiger partial charge is 0.251 e. The van der Waals surface area contributed by atoms with Gasteiger partial charge in [0, 0.05) is 15.3 Å². The largest absolute Gasteiger partial charge is 0.501 e. The molecule has 15 heavy (non-hydrogen) atoms. The van der Waals surface area contributed by atoms with Crippen LogP contribution in [0.1, 0.15) is 6.92 Å². The summed E-state index contributed by atoms with van der Waals surface area (Å²) in [4.78, 5) is 11.3. The van der Waals surface area contributed by atoms with Gasteiger partial charge in [-0.3, -0.25) is 4.79 Å². The van der Waals surface area contributed by atoms with Gasteiger partial charge < -0.3 is 10.1 Å². The molecule has 80 valence electrons. The lowest BCUT2D eigenvalue weighted by Gasteiger charge is -2.01. The van der Waals surface area contributed by atoms with Crippen LogP contribution in [0.25, 0.3) is 0 Å². The molecule has 1 rings (SSSR count). The summed E-state index contributed by atoms with van der Waals surface area (Å²) in [6, 6.07) is 7.59. The molecule has 0 unspecified atom stereocenters. The molecule has 1 aromatic carbocycles. The molecule has 0 aliphatic carbocycles. The summed E-state index contributed by atoms with van der Waals surface area (Å²) in [5.41, 5.74) is 0.785. The van der Waals surface area contributed by atoms with Crippen molar-refractivity contribution < 1.29 is 9.53 Å². The third-order valence-corrected chi connectivity index (χ3v) is 2.25.